The second-order valence-electron chi connectivity index (χ2n) is 8.05. The lowest BCUT2D eigenvalue weighted by atomic mass is 10.2. The number of piperazine rings is 1. The van der Waals surface area contributed by atoms with Crippen LogP contribution in [-0.4, -0.2) is 75.3 Å². The van der Waals surface area contributed by atoms with Crippen LogP contribution in [0.3, 0.4) is 0 Å². The molecule has 0 atom stereocenters. The molecule has 1 amide bonds. The van der Waals surface area contributed by atoms with E-state index in [4.69, 9.17) is 4.74 Å². The Morgan fingerprint density at radius 2 is 1.77 bits per heavy atom. The van der Waals surface area contributed by atoms with Gasteiger partial charge in [0.05, 0.1) is 18.6 Å². The summed E-state index contributed by atoms with van der Waals surface area (Å²) in [5, 5.41) is 0. The van der Waals surface area contributed by atoms with Gasteiger partial charge in [-0.15, -0.1) is 0 Å². The molecule has 0 N–H and O–H groups in total. The lowest BCUT2D eigenvalue weighted by Crippen LogP contribution is -2.51. The normalized spacial score (nSPS) is 15.6. The van der Waals surface area contributed by atoms with Gasteiger partial charge in [-0.2, -0.15) is 4.31 Å². The van der Waals surface area contributed by atoms with Crippen molar-refractivity contribution in [3.63, 3.8) is 0 Å². The van der Waals surface area contributed by atoms with Crippen LogP contribution in [-0.2, 0) is 21.4 Å². The Morgan fingerprint density at radius 3 is 2.45 bits per heavy atom. The van der Waals surface area contributed by atoms with Crippen molar-refractivity contribution in [2.75, 3.05) is 46.9 Å². The maximum absolute atomic E-state index is 13.1. The van der Waals surface area contributed by atoms with Crippen LogP contribution in [0.15, 0.2) is 47.4 Å². The molecule has 1 heterocycles. The van der Waals surface area contributed by atoms with E-state index in [2.05, 4.69) is 0 Å². The highest BCUT2D eigenvalue weighted by atomic mass is 32.2. The molecule has 1 fully saturated rings. The van der Waals surface area contributed by atoms with E-state index in [1.54, 1.807) is 25.1 Å². The van der Waals surface area contributed by atoms with Crippen molar-refractivity contribution < 1.29 is 17.9 Å². The molecule has 0 aliphatic carbocycles. The SMILES string of the molecule is COc1cccc(CN(C)C(=O)CN2CCN(S(=O)(=O)c3cc(C)ccc3C)CC2)c1. The van der Waals surface area contributed by atoms with Crippen LogP contribution in [0.5, 0.6) is 5.75 Å². The number of aryl methyl sites for hydroxylation is 2. The van der Waals surface area contributed by atoms with Crippen LogP contribution in [0.4, 0.5) is 0 Å². The molecule has 0 radical (unpaired) electrons. The van der Waals surface area contributed by atoms with E-state index >= 15 is 0 Å². The fraction of sp³-hybridized carbons (Fsp3) is 0.435. The van der Waals surface area contributed by atoms with E-state index in [-0.39, 0.29) is 12.5 Å². The molecule has 1 saturated heterocycles. The zero-order valence-corrected chi connectivity index (χ0v) is 19.5. The molecule has 2 aromatic carbocycles. The van der Waals surface area contributed by atoms with Crippen LogP contribution < -0.4 is 4.74 Å². The first-order valence-corrected chi connectivity index (χ1v) is 11.8. The van der Waals surface area contributed by atoms with Gasteiger partial charge in [-0.1, -0.05) is 24.3 Å². The summed E-state index contributed by atoms with van der Waals surface area (Å²) in [6.45, 7) is 6.30. The average Bonchev–Trinajstić information content (AvgIpc) is 2.75. The summed E-state index contributed by atoms with van der Waals surface area (Å²) in [7, 11) is -0.131. The number of carbonyl (C=O) groups is 1. The van der Waals surface area contributed by atoms with Crippen LogP contribution in [0, 0.1) is 13.8 Å². The van der Waals surface area contributed by atoms with Crippen molar-refractivity contribution in [2.24, 2.45) is 0 Å². The van der Waals surface area contributed by atoms with Gasteiger partial charge in [-0.3, -0.25) is 9.69 Å². The first-order valence-electron chi connectivity index (χ1n) is 10.4. The minimum absolute atomic E-state index is 0.00801. The van der Waals surface area contributed by atoms with Gasteiger partial charge in [0.25, 0.3) is 0 Å². The van der Waals surface area contributed by atoms with Gasteiger partial charge >= 0.3 is 0 Å². The Bertz CT molecular complexity index is 1030. The van der Waals surface area contributed by atoms with E-state index < -0.39 is 10.0 Å². The second kappa shape index (κ2) is 9.80. The van der Waals surface area contributed by atoms with Crippen molar-refractivity contribution in [2.45, 2.75) is 25.3 Å². The quantitative estimate of drug-likeness (QED) is 0.654. The van der Waals surface area contributed by atoms with Crippen molar-refractivity contribution in [1.29, 1.82) is 0 Å². The number of nitrogens with zero attached hydrogens (tertiary/aromatic N) is 3. The van der Waals surface area contributed by atoms with E-state index in [1.165, 1.54) is 4.31 Å². The zero-order valence-electron chi connectivity index (χ0n) is 18.7. The molecular formula is C23H31N3O4S. The number of hydrogen-bond donors (Lipinski definition) is 0. The van der Waals surface area contributed by atoms with E-state index in [0.717, 1.165) is 22.4 Å². The predicted octanol–water partition coefficient (Wildman–Crippen LogP) is 2.28. The van der Waals surface area contributed by atoms with Gasteiger partial charge in [0.2, 0.25) is 15.9 Å². The third kappa shape index (κ3) is 5.64. The average molecular weight is 446 g/mol. The van der Waals surface area contributed by atoms with Gasteiger partial charge in [0, 0.05) is 39.8 Å². The minimum Gasteiger partial charge on any atom is -0.497 e. The number of ether oxygens (including phenoxy) is 1. The van der Waals surface area contributed by atoms with E-state index in [0.29, 0.717) is 37.6 Å². The summed E-state index contributed by atoms with van der Waals surface area (Å²) >= 11 is 0. The number of methoxy groups -OCH3 is 1. The van der Waals surface area contributed by atoms with E-state index in [1.807, 2.05) is 55.1 Å². The van der Waals surface area contributed by atoms with Crippen molar-refractivity contribution >= 4 is 15.9 Å². The lowest BCUT2D eigenvalue weighted by molar-refractivity contribution is -0.131. The fourth-order valence-electron chi connectivity index (χ4n) is 3.70. The zero-order chi connectivity index (χ0) is 22.6. The largest absolute Gasteiger partial charge is 0.497 e. The molecule has 0 spiro atoms. The third-order valence-electron chi connectivity index (χ3n) is 5.63. The molecule has 0 bridgehead atoms. The van der Waals surface area contributed by atoms with Crippen LogP contribution in [0.2, 0.25) is 0 Å². The maximum Gasteiger partial charge on any atom is 0.243 e. The molecule has 8 heteroatoms. The number of amides is 1. The topological polar surface area (TPSA) is 70.2 Å². The van der Waals surface area contributed by atoms with Crippen molar-refractivity contribution in [3.05, 3.63) is 59.2 Å². The molecule has 0 unspecified atom stereocenters. The predicted molar refractivity (Wildman–Crippen MR) is 121 cm³/mol. The van der Waals surface area contributed by atoms with Gasteiger partial charge in [-0.05, 0) is 48.7 Å². The van der Waals surface area contributed by atoms with Crippen molar-refractivity contribution in [1.82, 2.24) is 14.1 Å². The van der Waals surface area contributed by atoms with Gasteiger partial charge in [0.15, 0.2) is 0 Å². The molecule has 0 saturated carbocycles. The number of hydrogen-bond acceptors (Lipinski definition) is 5. The maximum atomic E-state index is 13.1. The summed E-state index contributed by atoms with van der Waals surface area (Å²) in [5.41, 5.74) is 2.68. The Balaban J connectivity index is 1.55. The number of rotatable bonds is 7. The molecule has 168 valence electrons. The number of carbonyl (C=O) groups excluding carboxylic acids is 1. The highest BCUT2D eigenvalue weighted by Crippen LogP contribution is 2.22. The lowest BCUT2D eigenvalue weighted by Gasteiger charge is -2.34. The Morgan fingerprint density at radius 1 is 1.06 bits per heavy atom. The first kappa shape index (κ1) is 23.2. The number of benzene rings is 2. The number of sulfonamides is 1. The third-order valence-corrected chi connectivity index (χ3v) is 7.67. The smallest absolute Gasteiger partial charge is 0.243 e. The standard InChI is InChI=1S/C23H31N3O4S/c1-18-8-9-19(2)22(14-18)31(28,29)26-12-10-25(11-13-26)17-23(27)24(3)16-20-6-5-7-21(15-20)30-4/h5-9,14-15H,10-13,16-17H2,1-4H3. The Kier molecular flexibility index (Phi) is 7.35. The Hall–Kier alpha value is -2.42. The first-order chi connectivity index (χ1) is 14.7. The molecule has 1 aliphatic heterocycles. The summed E-state index contributed by atoms with van der Waals surface area (Å²) in [6.07, 6.45) is 0. The van der Waals surface area contributed by atoms with Gasteiger partial charge in [0.1, 0.15) is 5.75 Å². The Labute approximate surface area is 185 Å². The van der Waals surface area contributed by atoms with Crippen LogP contribution in [0.25, 0.3) is 0 Å². The van der Waals surface area contributed by atoms with E-state index in [9.17, 15) is 13.2 Å². The summed E-state index contributed by atoms with van der Waals surface area (Å²) in [6, 6.07) is 13.1. The van der Waals surface area contributed by atoms with Crippen LogP contribution in [0.1, 0.15) is 16.7 Å². The monoisotopic (exact) mass is 445 g/mol. The van der Waals surface area contributed by atoms with Crippen molar-refractivity contribution in [3.8, 4) is 5.75 Å². The molecular weight excluding hydrogens is 414 g/mol. The summed E-state index contributed by atoms with van der Waals surface area (Å²) in [5.74, 6) is 0.771. The molecule has 3 rings (SSSR count). The van der Waals surface area contributed by atoms with Crippen LogP contribution >= 0.6 is 0 Å². The highest BCUT2D eigenvalue weighted by Gasteiger charge is 2.30. The molecule has 2 aromatic rings. The van der Waals surface area contributed by atoms with Gasteiger partial charge in [-0.25, -0.2) is 8.42 Å². The molecule has 0 aromatic heterocycles. The fourth-order valence-corrected chi connectivity index (χ4v) is 5.43. The summed E-state index contributed by atoms with van der Waals surface area (Å²) < 4.78 is 32.9. The second-order valence-corrected chi connectivity index (χ2v) is 9.96. The summed E-state index contributed by atoms with van der Waals surface area (Å²) in [4.78, 5) is 16.7. The number of likely N-dealkylation sites (N-methyl/N-ethyl adjacent to an activating group) is 1. The van der Waals surface area contributed by atoms with Gasteiger partial charge < -0.3 is 9.64 Å². The highest BCUT2D eigenvalue weighted by molar-refractivity contribution is 7.89. The minimum atomic E-state index is -3.53. The molecule has 1 aliphatic rings. The molecule has 7 nitrogen and oxygen atoms in total. The molecule has 31 heavy (non-hydrogen) atoms.